The maximum absolute atomic E-state index is 2.43. The molecule has 0 unspecified atom stereocenters. The first kappa shape index (κ1) is 8.10. The second-order valence-corrected chi connectivity index (χ2v) is 4.37. The Morgan fingerprint density at radius 1 is 1.40 bits per heavy atom. The molecule has 0 aliphatic heterocycles. The molecule has 10 heavy (non-hydrogen) atoms. The van der Waals surface area contributed by atoms with E-state index in [1.807, 2.05) is 0 Å². The fourth-order valence-electron chi connectivity index (χ4n) is 2.28. The summed E-state index contributed by atoms with van der Waals surface area (Å²) >= 11 is 0. The minimum Gasteiger partial charge on any atom is -0.0654 e. The van der Waals surface area contributed by atoms with E-state index in [-0.39, 0.29) is 0 Å². The van der Waals surface area contributed by atoms with Crippen molar-refractivity contribution in [2.75, 3.05) is 0 Å². The largest absolute Gasteiger partial charge is 0.0654 e. The van der Waals surface area contributed by atoms with Crippen LogP contribution >= 0.6 is 0 Å². The molecule has 0 heterocycles. The van der Waals surface area contributed by atoms with Gasteiger partial charge in [0.25, 0.3) is 0 Å². The van der Waals surface area contributed by atoms with E-state index in [1.54, 1.807) is 0 Å². The lowest BCUT2D eigenvalue weighted by molar-refractivity contribution is 0.244. The Kier molecular flexibility index (Phi) is 2.38. The van der Waals surface area contributed by atoms with Crippen LogP contribution < -0.4 is 0 Å². The number of hydrogen-bond acceptors (Lipinski definition) is 0. The van der Waals surface area contributed by atoms with Gasteiger partial charge in [-0.25, -0.2) is 0 Å². The first-order valence-electron chi connectivity index (χ1n) is 4.67. The van der Waals surface area contributed by atoms with Crippen molar-refractivity contribution in [1.82, 2.24) is 0 Å². The minimum absolute atomic E-state index is 0.663. The van der Waals surface area contributed by atoms with Gasteiger partial charge >= 0.3 is 0 Å². The molecule has 1 aliphatic rings. The highest BCUT2D eigenvalue weighted by atomic mass is 14.4. The number of rotatable bonds is 2. The summed E-state index contributed by atoms with van der Waals surface area (Å²) in [5, 5.41) is 0. The van der Waals surface area contributed by atoms with Crippen LogP contribution in [-0.2, 0) is 0 Å². The molecule has 60 valence electrons. The summed E-state index contributed by atoms with van der Waals surface area (Å²) in [7, 11) is 0. The van der Waals surface area contributed by atoms with Gasteiger partial charge in [0.1, 0.15) is 0 Å². The second-order valence-electron chi connectivity index (χ2n) is 4.37. The zero-order valence-electron chi connectivity index (χ0n) is 7.61. The molecule has 0 aromatic carbocycles. The van der Waals surface area contributed by atoms with Crippen molar-refractivity contribution in [3.8, 4) is 0 Å². The predicted octanol–water partition coefficient (Wildman–Crippen LogP) is 3.61. The van der Waals surface area contributed by atoms with Gasteiger partial charge in [-0.15, -0.1) is 0 Å². The monoisotopic (exact) mass is 140 g/mol. The SMILES string of the molecule is CCC[C@H]1CCCC1(C)C. The summed E-state index contributed by atoms with van der Waals surface area (Å²) in [6, 6.07) is 0. The van der Waals surface area contributed by atoms with Crippen molar-refractivity contribution in [2.45, 2.75) is 52.9 Å². The third kappa shape index (κ3) is 1.53. The normalized spacial score (nSPS) is 30.9. The zero-order valence-corrected chi connectivity index (χ0v) is 7.61. The third-order valence-corrected chi connectivity index (χ3v) is 3.12. The third-order valence-electron chi connectivity index (χ3n) is 3.12. The van der Waals surface area contributed by atoms with Crippen LogP contribution in [0.2, 0.25) is 0 Å². The molecular weight excluding hydrogens is 120 g/mol. The van der Waals surface area contributed by atoms with Crippen LogP contribution in [0.25, 0.3) is 0 Å². The summed E-state index contributed by atoms with van der Waals surface area (Å²) < 4.78 is 0. The summed E-state index contributed by atoms with van der Waals surface area (Å²) in [4.78, 5) is 0. The van der Waals surface area contributed by atoms with E-state index in [0.717, 1.165) is 5.92 Å². The lowest BCUT2D eigenvalue weighted by Gasteiger charge is -2.26. The second kappa shape index (κ2) is 2.94. The molecule has 0 N–H and O–H groups in total. The van der Waals surface area contributed by atoms with Crippen LogP contribution in [0.15, 0.2) is 0 Å². The molecule has 0 spiro atoms. The molecule has 0 amide bonds. The van der Waals surface area contributed by atoms with Crippen molar-refractivity contribution >= 4 is 0 Å². The lowest BCUT2D eigenvalue weighted by atomic mass is 9.79. The Labute approximate surface area is 65.0 Å². The molecule has 0 aromatic rings. The van der Waals surface area contributed by atoms with Crippen LogP contribution in [-0.4, -0.2) is 0 Å². The number of hydrogen-bond donors (Lipinski definition) is 0. The maximum Gasteiger partial charge on any atom is -0.0326 e. The van der Waals surface area contributed by atoms with E-state index in [1.165, 1.54) is 32.1 Å². The average molecular weight is 140 g/mol. The molecule has 1 aliphatic carbocycles. The molecule has 1 atom stereocenters. The minimum atomic E-state index is 0.663. The van der Waals surface area contributed by atoms with E-state index in [9.17, 15) is 0 Å². The van der Waals surface area contributed by atoms with Gasteiger partial charge in [0, 0.05) is 0 Å². The van der Waals surface area contributed by atoms with E-state index >= 15 is 0 Å². The van der Waals surface area contributed by atoms with Gasteiger partial charge in [0.05, 0.1) is 0 Å². The molecule has 1 saturated carbocycles. The van der Waals surface area contributed by atoms with Crippen molar-refractivity contribution in [3.63, 3.8) is 0 Å². The topological polar surface area (TPSA) is 0 Å². The Balaban J connectivity index is 2.43. The summed E-state index contributed by atoms with van der Waals surface area (Å²) in [5.41, 5.74) is 0.663. The van der Waals surface area contributed by atoms with Crippen LogP contribution in [0.3, 0.4) is 0 Å². The molecule has 0 aromatic heterocycles. The summed E-state index contributed by atoms with van der Waals surface area (Å²) in [6.07, 6.45) is 7.23. The van der Waals surface area contributed by atoms with Crippen molar-refractivity contribution in [3.05, 3.63) is 0 Å². The van der Waals surface area contributed by atoms with Crippen LogP contribution in [0.1, 0.15) is 52.9 Å². The molecule has 0 bridgehead atoms. The van der Waals surface area contributed by atoms with Crippen LogP contribution in [0.4, 0.5) is 0 Å². The van der Waals surface area contributed by atoms with Gasteiger partial charge in [0.15, 0.2) is 0 Å². The molecule has 0 heteroatoms. The summed E-state index contributed by atoms with van der Waals surface area (Å²) in [6.45, 7) is 7.16. The zero-order chi connectivity index (χ0) is 7.61. The highest BCUT2D eigenvalue weighted by Crippen LogP contribution is 2.44. The van der Waals surface area contributed by atoms with Gasteiger partial charge in [-0.3, -0.25) is 0 Å². The predicted molar refractivity (Wildman–Crippen MR) is 46.0 cm³/mol. The average Bonchev–Trinajstić information content (AvgIpc) is 2.13. The Morgan fingerprint density at radius 3 is 2.50 bits per heavy atom. The van der Waals surface area contributed by atoms with Gasteiger partial charge in [-0.1, -0.05) is 40.0 Å². The highest BCUT2D eigenvalue weighted by molar-refractivity contribution is 4.84. The quantitative estimate of drug-likeness (QED) is 0.549. The van der Waals surface area contributed by atoms with Crippen molar-refractivity contribution in [1.29, 1.82) is 0 Å². The van der Waals surface area contributed by atoms with E-state index in [2.05, 4.69) is 20.8 Å². The van der Waals surface area contributed by atoms with Crippen LogP contribution in [0.5, 0.6) is 0 Å². The van der Waals surface area contributed by atoms with Gasteiger partial charge in [-0.05, 0) is 24.2 Å². The van der Waals surface area contributed by atoms with Gasteiger partial charge < -0.3 is 0 Å². The van der Waals surface area contributed by atoms with E-state index < -0.39 is 0 Å². The smallest absolute Gasteiger partial charge is 0.0326 e. The molecule has 0 saturated heterocycles. The fraction of sp³-hybridized carbons (Fsp3) is 1.00. The van der Waals surface area contributed by atoms with Gasteiger partial charge in [0.2, 0.25) is 0 Å². The standard InChI is InChI=1S/C10H20/c1-4-6-9-7-5-8-10(9,2)3/h9H,4-8H2,1-3H3/t9-/m0/s1. The van der Waals surface area contributed by atoms with Crippen molar-refractivity contribution < 1.29 is 0 Å². The maximum atomic E-state index is 2.43. The highest BCUT2D eigenvalue weighted by Gasteiger charge is 2.33. The Hall–Kier alpha value is 0. The Morgan fingerprint density at radius 2 is 2.10 bits per heavy atom. The summed E-state index contributed by atoms with van der Waals surface area (Å²) in [5.74, 6) is 1.03. The van der Waals surface area contributed by atoms with Gasteiger partial charge in [-0.2, -0.15) is 0 Å². The molecular formula is C10H20. The first-order valence-corrected chi connectivity index (χ1v) is 4.67. The fourth-order valence-corrected chi connectivity index (χ4v) is 2.28. The molecule has 1 fully saturated rings. The van der Waals surface area contributed by atoms with E-state index in [0.29, 0.717) is 5.41 Å². The van der Waals surface area contributed by atoms with Crippen molar-refractivity contribution in [2.24, 2.45) is 11.3 Å². The lowest BCUT2D eigenvalue weighted by Crippen LogP contribution is -2.16. The molecule has 1 rings (SSSR count). The molecule has 0 radical (unpaired) electrons. The van der Waals surface area contributed by atoms with E-state index in [4.69, 9.17) is 0 Å². The molecule has 0 nitrogen and oxygen atoms in total. The first-order chi connectivity index (χ1) is 4.67. The Bertz CT molecular complexity index is 103. The van der Waals surface area contributed by atoms with Crippen LogP contribution in [0, 0.1) is 11.3 Å².